The number of amides is 1. The number of carboxylic acid groups (broad SMARTS) is 1. The summed E-state index contributed by atoms with van der Waals surface area (Å²) in [6.45, 7) is 4.66. The third kappa shape index (κ3) is 4.48. The van der Waals surface area contributed by atoms with Gasteiger partial charge in [-0.15, -0.1) is 0 Å². The minimum Gasteiger partial charge on any atom is -0.481 e. The van der Waals surface area contributed by atoms with Crippen molar-refractivity contribution in [3.63, 3.8) is 0 Å². The number of carboxylic acids is 1. The Bertz CT molecular complexity index is 378. The van der Waals surface area contributed by atoms with E-state index in [1.54, 1.807) is 0 Å². The number of carbonyl (C=O) groups is 2. The van der Waals surface area contributed by atoms with Crippen molar-refractivity contribution in [1.29, 1.82) is 0 Å². The first-order valence-corrected chi connectivity index (χ1v) is 6.02. The number of aliphatic carboxylic acids is 1. The second-order valence-corrected chi connectivity index (χ2v) is 4.64. The van der Waals surface area contributed by atoms with Crippen LogP contribution in [-0.4, -0.2) is 43.7 Å². The van der Waals surface area contributed by atoms with Crippen molar-refractivity contribution < 1.29 is 14.7 Å². The molecule has 0 unspecified atom stereocenters. The minimum absolute atomic E-state index is 0.0595. The van der Waals surface area contributed by atoms with E-state index in [2.05, 4.69) is 8.75 Å². The summed E-state index contributed by atoms with van der Waals surface area (Å²) in [5, 5.41) is 8.64. The molecule has 0 radical (unpaired) electrons. The number of rotatable bonds is 6. The molecule has 0 saturated heterocycles. The lowest BCUT2D eigenvalue weighted by atomic mass is 10.2. The molecule has 0 fully saturated rings. The number of aromatic nitrogens is 2. The van der Waals surface area contributed by atoms with Crippen LogP contribution in [0.5, 0.6) is 0 Å². The lowest BCUT2D eigenvalue weighted by molar-refractivity contribution is -0.137. The Balaban J connectivity index is 2.68. The molecule has 0 aromatic carbocycles. The number of hydrogen-bond acceptors (Lipinski definition) is 5. The maximum atomic E-state index is 12.0. The predicted molar refractivity (Wildman–Crippen MR) is 62.9 cm³/mol. The zero-order valence-electron chi connectivity index (χ0n) is 9.79. The zero-order chi connectivity index (χ0) is 12.8. The van der Waals surface area contributed by atoms with Crippen molar-refractivity contribution in [2.45, 2.75) is 20.3 Å². The van der Waals surface area contributed by atoms with E-state index in [0.717, 1.165) is 11.7 Å². The van der Waals surface area contributed by atoms with Crippen molar-refractivity contribution in [3.8, 4) is 0 Å². The highest BCUT2D eigenvalue weighted by Crippen LogP contribution is 2.07. The highest BCUT2D eigenvalue weighted by atomic mass is 32.1. The van der Waals surface area contributed by atoms with E-state index < -0.39 is 5.97 Å². The molecule has 1 aromatic rings. The van der Waals surface area contributed by atoms with Crippen LogP contribution >= 0.6 is 11.7 Å². The molecule has 0 saturated carbocycles. The molecule has 1 heterocycles. The third-order valence-electron chi connectivity index (χ3n) is 2.05. The molecule has 0 atom stereocenters. The van der Waals surface area contributed by atoms with Crippen molar-refractivity contribution in [2.24, 2.45) is 5.92 Å². The Morgan fingerprint density at radius 2 is 2.24 bits per heavy atom. The van der Waals surface area contributed by atoms with Gasteiger partial charge < -0.3 is 10.0 Å². The molecule has 1 N–H and O–H groups in total. The van der Waals surface area contributed by atoms with E-state index in [9.17, 15) is 9.59 Å². The fourth-order valence-electron chi connectivity index (χ4n) is 1.37. The summed E-state index contributed by atoms with van der Waals surface area (Å²) in [6, 6.07) is 0. The summed E-state index contributed by atoms with van der Waals surface area (Å²) in [5.74, 6) is -0.893. The van der Waals surface area contributed by atoms with Crippen LogP contribution in [-0.2, 0) is 4.79 Å². The van der Waals surface area contributed by atoms with Crippen LogP contribution in [0.25, 0.3) is 0 Å². The fraction of sp³-hybridized carbons (Fsp3) is 0.600. The molecule has 17 heavy (non-hydrogen) atoms. The van der Waals surface area contributed by atoms with Crippen LogP contribution in [0, 0.1) is 5.92 Å². The van der Waals surface area contributed by atoms with Gasteiger partial charge in [-0.25, -0.2) is 0 Å². The summed E-state index contributed by atoms with van der Waals surface area (Å²) in [6.07, 6.45) is 1.34. The molecule has 0 aliphatic carbocycles. The second-order valence-electron chi connectivity index (χ2n) is 4.08. The van der Waals surface area contributed by atoms with Gasteiger partial charge in [-0.05, 0) is 5.92 Å². The van der Waals surface area contributed by atoms with Crippen LogP contribution < -0.4 is 0 Å². The quantitative estimate of drug-likeness (QED) is 0.825. The fourth-order valence-corrected chi connectivity index (χ4v) is 1.78. The molecular weight excluding hydrogens is 242 g/mol. The van der Waals surface area contributed by atoms with Gasteiger partial charge in [-0.1, -0.05) is 13.8 Å². The molecule has 1 rings (SSSR count). The van der Waals surface area contributed by atoms with Gasteiger partial charge in [0.2, 0.25) is 0 Å². The molecular formula is C10H15N3O3S. The Kier molecular flexibility index (Phi) is 5.02. The zero-order valence-corrected chi connectivity index (χ0v) is 10.6. The van der Waals surface area contributed by atoms with Crippen molar-refractivity contribution in [3.05, 3.63) is 11.9 Å². The van der Waals surface area contributed by atoms with Crippen LogP contribution in [0.15, 0.2) is 6.20 Å². The third-order valence-corrected chi connectivity index (χ3v) is 2.53. The minimum atomic E-state index is -0.914. The molecule has 0 aliphatic rings. The second kappa shape index (κ2) is 6.29. The van der Waals surface area contributed by atoms with Crippen LogP contribution in [0.2, 0.25) is 0 Å². The first-order valence-electron chi connectivity index (χ1n) is 5.29. The smallest absolute Gasteiger partial charge is 0.305 e. The van der Waals surface area contributed by atoms with Gasteiger partial charge in [0.25, 0.3) is 5.91 Å². The standard InChI is InChI=1S/C10H15N3O3S/c1-7(2)6-13(4-3-9(14)15)10(16)8-5-11-17-12-8/h5,7H,3-4,6H2,1-2H3,(H,14,15). The molecule has 7 heteroatoms. The average molecular weight is 257 g/mol. The van der Waals surface area contributed by atoms with Crippen molar-refractivity contribution in [1.82, 2.24) is 13.6 Å². The highest BCUT2D eigenvalue weighted by molar-refractivity contribution is 6.99. The molecule has 94 valence electrons. The van der Waals surface area contributed by atoms with Crippen LogP contribution in [0.1, 0.15) is 30.8 Å². The van der Waals surface area contributed by atoms with Crippen molar-refractivity contribution >= 4 is 23.6 Å². The number of hydrogen-bond donors (Lipinski definition) is 1. The van der Waals surface area contributed by atoms with E-state index in [1.165, 1.54) is 11.1 Å². The van der Waals surface area contributed by atoms with E-state index in [4.69, 9.17) is 5.11 Å². The Morgan fingerprint density at radius 1 is 1.53 bits per heavy atom. The molecule has 0 aliphatic heterocycles. The largest absolute Gasteiger partial charge is 0.481 e. The summed E-state index contributed by atoms with van der Waals surface area (Å²) in [7, 11) is 0. The van der Waals surface area contributed by atoms with Gasteiger partial charge >= 0.3 is 5.97 Å². The lowest BCUT2D eigenvalue weighted by Gasteiger charge is -2.22. The SMILES string of the molecule is CC(C)CN(CCC(=O)O)C(=O)c1cnsn1. The van der Waals surface area contributed by atoms with Gasteiger partial charge in [-0.3, -0.25) is 9.59 Å². The van der Waals surface area contributed by atoms with E-state index >= 15 is 0 Å². The van der Waals surface area contributed by atoms with Crippen molar-refractivity contribution in [2.75, 3.05) is 13.1 Å². The summed E-state index contributed by atoms with van der Waals surface area (Å²) in [4.78, 5) is 24.0. The monoisotopic (exact) mass is 257 g/mol. The molecule has 0 bridgehead atoms. The van der Waals surface area contributed by atoms with Gasteiger partial charge in [-0.2, -0.15) is 8.75 Å². The predicted octanol–water partition coefficient (Wildman–Crippen LogP) is 1.11. The van der Waals surface area contributed by atoms with Gasteiger partial charge in [0.1, 0.15) is 0 Å². The normalized spacial score (nSPS) is 10.5. The summed E-state index contributed by atoms with van der Waals surface area (Å²) < 4.78 is 7.63. The van der Waals surface area contributed by atoms with Gasteiger partial charge in [0.15, 0.2) is 5.69 Å². The summed E-state index contributed by atoms with van der Waals surface area (Å²) in [5.41, 5.74) is 0.279. The van der Waals surface area contributed by atoms with Gasteiger partial charge in [0, 0.05) is 13.1 Å². The first-order chi connectivity index (χ1) is 8.00. The van der Waals surface area contributed by atoms with E-state index in [-0.39, 0.29) is 30.5 Å². The Morgan fingerprint density at radius 3 is 2.71 bits per heavy atom. The van der Waals surface area contributed by atoms with E-state index in [1.807, 2.05) is 13.8 Å². The summed E-state index contributed by atoms with van der Waals surface area (Å²) >= 11 is 0.965. The lowest BCUT2D eigenvalue weighted by Crippen LogP contribution is -2.36. The molecule has 1 amide bonds. The molecule has 6 nitrogen and oxygen atoms in total. The number of carbonyl (C=O) groups excluding carboxylic acids is 1. The Hall–Kier alpha value is -1.50. The van der Waals surface area contributed by atoms with Gasteiger partial charge in [0.05, 0.1) is 24.3 Å². The number of nitrogens with zero attached hydrogens (tertiary/aromatic N) is 3. The highest BCUT2D eigenvalue weighted by Gasteiger charge is 2.19. The Labute approximate surface area is 104 Å². The first kappa shape index (κ1) is 13.6. The molecule has 0 spiro atoms. The van der Waals surface area contributed by atoms with E-state index in [0.29, 0.717) is 6.54 Å². The average Bonchev–Trinajstić information content (AvgIpc) is 2.75. The van der Waals surface area contributed by atoms with Crippen LogP contribution in [0.3, 0.4) is 0 Å². The maximum absolute atomic E-state index is 12.0. The van der Waals surface area contributed by atoms with Crippen LogP contribution in [0.4, 0.5) is 0 Å². The maximum Gasteiger partial charge on any atom is 0.305 e. The molecule has 1 aromatic heterocycles. The topological polar surface area (TPSA) is 83.4 Å².